The summed E-state index contributed by atoms with van der Waals surface area (Å²) in [5.41, 5.74) is 3.91. The lowest BCUT2D eigenvalue weighted by atomic mass is 9.60. The van der Waals surface area contributed by atoms with Crippen LogP contribution in [0.4, 0.5) is 14.7 Å². The average Bonchev–Trinajstić information content (AvgIpc) is 3.41. The number of alkyl halides is 2. The molecule has 2 aliphatic rings. The highest BCUT2D eigenvalue weighted by atomic mass is 19.3. The van der Waals surface area contributed by atoms with E-state index in [0.717, 1.165) is 55.3 Å². The van der Waals surface area contributed by atoms with Crippen molar-refractivity contribution in [1.82, 2.24) is 34.8 Å². The number of nitrogens with one attached hydrogen (secondary N) is 2. The highest BCUT2D eigenvalue weighted by Crippen LogP contribution is 2.49. The molecule has 182 valence electrons. The second kappa shape index (κ2) is 8.24. The zero-order valence-electron chi connectivity index (χ0n) is 19.3. The number of fused-ring (bicyclic) bond motifs is 2. The minimum Gasteiger partial charge on any atom is -0.351 e. The van der Waals surface area contributed by atoms with Crippen molar-refractivity contribution in [3.05, 3.63) is 30.6 Å². The molecule has 2 N–H and O–H groups in total. The van der Waals surface area contributed by atoms with Crippen LogP contribution in [-0.4, -0.2) is 66.3 Å². The van der Waals surface area contributed by atoms with Crippen LogP contribution in [0.25, 0.3) is 33.2 Å². The van der Waals surface area contributed by atoms with Gasteiger partial charge in [0.15, 0.2) is 0 Å². The molecule has 0 unspecified atom stereocenters. The Morgan fingerprint density at radius 1 is 1.29 bits per heavy atom. The predicted molar refractivity (Wildman–Crippen MR) is 127 cm³/mol. The molecule has 3 aromatic heterocycles. The summed E-state index contributed by atoms with van der Waals surface area (Å²) in [5, 5.41) is 12.1. The zero-order valence-corrected chi connectivity index (χ0v) is 19.3. The number of H-pyrrole nitrogens is 1. The van der Waals surface area contributed by atoms with Crippen molar-refractivity contribution in [1.29, 1.82) is 0 Å². The first kappa shape index (κ1) is 21.9. The summed E-state index contributed by atoms with van der Waals surface area (Å²) in [5.74, 6) is 0.748. The van der Waals surface area contributed by atoms with Gasteiger partial charge < -0.3 is 15.2 Å². The standard InChI is InChI=1S/C24H26F2N8O/c1-14(35)33-6-4-24(5-7-33)9-16(10-24)29-23-28-12-18-17(11-27-22(18)30-23)15-2-3-19-20(8-15)34(32-31-19)13-21(25)26/h2-3,8,11-12,16,21H,4-7,9-10,13H2,1H3,(H2,27,28,29,30). The molecule has 4 heterocycles. The van der Waals surface area contributed by atoms with Crippen LogP contribution in [0.1, 0.15) is 32.6 Å². The summed E-state index contributed by atoms with van der Waals surface area (Å²) >= 11 is 0. The lowest BCUT2D eigenvalue weighted by Gasteiger charge is -2.52. The van der Waals surface area contributed by atoms with Crippen molar-refractivity contribution < 1.29 is 13.6 Å². The summed E-state index contributed by atoms with van der Waals surface area (Å²) in [6, 6.07) is 5.82. The third kappa shape index (κ3) is 3.98. The molecule has 2 fully saturated rings. The van der Waals surface area contributed by atoms with Gasteiger partial charge in [0.05, 0.1) is 5.52 Å². The van der Waals surface area contributed by atoms with Gasteiger partial charge in [-0.15, -0.1) is 5.10 Å². The van der Waals surface area contributed by atoms with Crippen molar-refractivity contribution in [2.75, 3.05) is 18.4 Å². The first-order valence-electron chi connectivity index (χ1n) is 11.9. The Hall–Kier alpha value is -3.63. The largest absolute Gasteiger partial charge is 0.351 e. The molecule has 35 heavy (non-hydrogen) atoms. The molecular formula is C24H26F2N8O. The number of carbonyl (C=O) groups excluding carboxylic acids is 1. The van der Waals surface area contributed by atoms with E-state index in [-0.39, 0.29) is 5.91 Å². The van der Waals surface area contributed by atoms with Gasteiger partial charge in [-0.1, -0.05) is 11.3 Å². The number of anilines is 1. The first-order valence-corrected chi connectivity index (χ1v) is 11.9. The number of carbonyl (C=O) groups is 1. The second-order valence-electron chi connectivity index (χ2n) is 9.78. The van der Waals surface area contributed by atoms with Gasteiger partial charge in [0.2, 0.25) is 11.9 Å². The zero-order chi connectivity index (χ0) is 24.2. The molecule has 0 radical (unpaired) electrons. The molecule has 11 heteroatoms. The average molecular weight is 481 g/mol. The molecule has 0 atom stereocenters. The minimum atomic E-state index is -2.50. The van der Waals surface area contributed by atoms with Gasteiger partial charge in [-0.05, 0) is 48.8 Å². The van der Waals surface area contributed by atoms with Gasteiger partial charge in [0.25, 0.3) is 6.43 Å². The van der Waals surface area contributed by atoms with Crippen LogP contribution in [0.5, 0.6) is 0 Å². The Balaban J connectivity index is 1.17. The lowest BCUT2D eigenvalue weighted by molar-refractivity contribution is -0.132. The SMILES string of the molecule is CC(=O)N1CCC2(CC1)CC(Nc1ncc3c(-c4ccc5nnn(CC(F)F)c5c4)c[nH]c3n1)C2. The highest BCUT2D eigenvalue weighted by molar-refractivity contribution is 5.95. The van der Waals surface area contributed by atoms with Gasteiger partial charge in [-0.25, -0.2) is 18.4 Å². The molecule has 0 bridgehead atoms. The van der Waals surface area contributed by atoms with Crippen LogP contribution in [0, 0.1) is 5.41 Å². The molecule has 1 aliphatic heterocycles. The quantitative estimate of drug-likeness (QED) is 0.450. The van der Waals surface area contributed by atoms with Crippen molar-refractivity contribution in [3.8, 4) is 11.1 Å². The normalized spacial score (nSPS) is 18.0. The molecule has 1 aliphatic carbocycles. The third-order valence-corrected chi connectivity index (χ3v) is 7.53. The van der Waals surface area contributed by atoms with Crippen molar-refractivity contribution in [3.63, 3.8) is 0 Å². The van der Waals surface area contributed by atoms with E-state index in [4.69, 9.17) is 0 Å². The molecule has 9 nitrogen and oxygen atoms in total. The number of aromatic nitrogens is 6. The van der Waals surface area contributed by atoms with Gasteiger partial charge in [-0.2, -0.15) is 4.98 Å². The maximum atomic E-state index is 12.9. The molecule has 1 spiro atoms. The number of aromatic amines is 1. The van der Waals surface area contributed by atoms with Gasteiger partial charge in [0.1, 0.15) is 17.7 Å². The van der Waals surface area contributed by atoms with Crippen LogP contribution in [0.3, 0.4) is 0 Å². The number of halogens is 2. The Morgan fingerprint density at radius 3 is 2.83 bits per heavy atom. The molecule has 4 aromatic rings. The van der Waals surface area contributed by atoms with Crippen molar-refractivity contribution in [2.45, 2.75) is 51.6 Å². The first-order chi connectivity index (χ1) is 16.9. The van der Waals surface area contributed by atoms with Gasteiger partial charge in [-0.3, -0.25) is 4.79 Å². The summed E-state index contributed by atoms with van der Waals surface area (Å²) < 4.78 is 27.0. The Kier molecular flexibility index (Phi) is 5.15. The monoisotopic (exact) mass is 480 g/mol. The number of nitrogens with zero attached hydrogens (tertiary/aromatic N) is 6. The van der Waals surface area contributed by atoms with E-state index in [1.807, 2.05) is 23.2 Å². The van der Waals surface area contributed by atoms with E-state index >= 15 is 0 Å². The predicted octanol–water partition coefficient (Wildman–Crippen LogP) is 3.84. The number of hydrogen-bond donors (Lipinski definition) is 2. The number of hydrogen-bond acceptors (Lipinski definition) is 6. The molecule has 1 saturated carbocycles. The number of amides is 1. The van der Waals surface area contributed by atoms with E-state index in [1.54, 1.807) is 19.2 Å². The van der Waals surface area contributed by atoms with Crippen LogP contribution in [0.15, 0.2) is 30.6 Å². The van der Waals surface area contributed by atoms with Gasteiger partial charge >= 0.3 is 0 Å². The van der Waals surface area contributed by atoms with E-state index in [9.17, 15) is 13.6 Å². The number of benzene rings is 1. The van der Waals surface area contributed by atoms with Crippen LogP contribution >= 0.6 is 0 Å². The maximum absolute atomic E-state index is 12.9. The smallest absolute Gasteiger partial charge is 0.258 e. The summed E-state index contributed by atoms with van der Waals surface area (Å²) in [4.78, 5) is 25.9. The molecule has 1 saturated heterocycles. The Labute approximate surface area is 199 Å². The Bertz CT molecular complexity index is 1400. The molecule has 1 amide bonds. The summed E-state index contributed by atoms with van der Waals surface area (Å²) in [7, 11) is 0. The lowest BCUT2D eigenvalue weighted by Crippen LogP contribution is -2.52. The fourth-order valence-corrected chi connectivity index (χ4v) is 5.59. The topological polar surface area (TPSA) is 105 Å². The number of piperidine rings is 1. The number of likely N-dealkylation sites (tertiary alicyclic amines) is 1. The van der Waals surface area contributed by atoms with Crippen LogP contribution in [0.2, 0.25) is 0 Å². The maximum Gasteiger partial charge on any atom is 0.258 e. The second-order valence-corrected chi connectivity index (χ2v) is 9.78. The van der Waals surface area contributed by atoms with Crippen molar-refractivity contribution >= 4 is 33.9 Å². The van der Waals surface area contributed by atoms with Crippen LogP contribution < -0.4 is 5.32 Å². The fraction of sp³-hybridized carbons (Fsp3) is 0.458. The third-order valence-electron chi connectivity index (χ3n) is 7.53. The summed E-state index contributed by atoms with van der Waals surface area (Å²) in [6.45, 7) is 2.84. The van der Waals surface area contributed by atoms with E-state index in [0.29, 0.717) is 34.1 Å². The van der Waals surface area contributed by atoms with E-state index < -0.39 is 13.0 Å². The molecule has 1 aromatic carbocycles. The fourth-order valence-electron chi connectivity index (χ4n) is 5.59. The van der Waals surface area contributed by atoms with E-state index in [1.165, 1.54) is 4.68 Å². The minimum absolute atomic E-state index is 0.163. The number of rotatable bonds is 5. The highest BCUT2D eigenvalue weighted by Gasteiger charge is 2.46. The molecule has 6 rings (SSSR count). The van der Waals surface area contributed by atoms with Gasteiger partial charge in [0, 0.05) is 49.4 Å². The van der Waals surface area contributed by atoms with Crippen LogP contribution in [-0.2, 0) is 11.3 Å². The summed E-state index contributed by atoms with van der Waals surface area (Å²) in [6.07, 6.45) is 5.38. The van der Waals surface area contributed by atoms with Crippen molar-refractivity contribution in [2.24, 2.45) is 5.41 Å². The van der Waals surface area contributed by atoms with E-state index in [2.05, 4.69) is 30.6 Å². The Morgan fingerprint density at radius 2 is 2.09 bits per heavy atom. The molecular weight excluding hydrogens is 454 g/mol.